The number of para-hydroxylation sites is 3. The number of fused-ring (bicyclic) bond motifs is 6. The van der Waals surface area contributed by atoms with Crippen molar-refractivity contribution in [3.63, 3.8) is 0 Å². The largest absolute Gasteiger partial charge is 0.487 e. The van der Waals surface area contributed by atoms with Gasteiger partial charge in [-0.15, -0.1) is 0 Å². The van der Waals surface area contributed by atoms with Crippen LogP contribution in [0.4, 0.5) is 5.69 Å². The molecule has 4 N–H and O–H groups in total. The first kappa shape index (κ1) is 37.8. The highest BCUT2D eigenvalue weighted by Crippen LogP contribution is 2.44. The second-order valence-electron chi connectivity index (χ2n) is 14.5. The Morgan fingerprint density at radius 3 is 1.72 bits per heavy atom. The molecule has 0 saturated heterocycles. The predicted molar refractivity (Wildman–Crippen MR) is 251 cm³/mol. The lowest BCUT2D eigenvalue weighted by molar-refractivity contribution is 0.308. The van der Waals surface area contributed by atoms with Gasteiger partial charge in [-0.05, 0) is 64.9 Å². The van der Waals surface area contributed by atoms with Crippen molar-refractivity contribution in [2.75, 3.05) is 0 Å². The summed E-state index contributed by atoms with van der Waals surface area (Å²) in [4.78, 5) is 9.59. The number of aromatic nitrogens is 2. The molecule has 7 nitrogen and oxygen atoms in total. The molecule has 0 radical (unpaired) electrons. The summed E-state index contributed by atoms with van der Waals surface area (Å²) in [6.07, 6.45) is 0. The minimum Gasteiger partial charge on any atom is -0.487 e. The highest BCUT2D eigenvalue weighted by atomic mass is 16.5. The Morgan fingerprint density at radius 2 is 1.10 bits per heavy atom. The Kier molecular flexibility index (Phi) is 10.7. The van der Waals surface area contributed by atoms with E-state index in [1.165, 1.54) is 21.9 Å². The number of benzene rings is 8. The summed E-state index contributed by atoms with van der Waals surface area (Å²) in [6, 6.07) is 66.4. The summed E-state index contributed by atoms with van der Waals surface area (Å²) in [6.45, 7) is 5.48. The fourth-order valence-electron chi connectivity index (χ4n) is 8.00. The molecule has 0 spiro atoms. The molecule has 0 fully saturated rings. The fraction of sp³-hybridized carbons (Fsp3) is 0.0566. The summed E-state index contributed by atoms with van der Waals surface area (Å²) < 4.78 is 10.8. The van der Waals surface area contributed by atoms with Gasteiger partial charge in [0.25, 0.3) is 0 Å². The van der Waals surface area contributed by atoms with Crippen LogP contribution in [0.25, 0.3) is 60.4 Å². The molecular formula is C53H44N6O. The number of aliphatic imine (C=N–C) groups is 2. The first-order valence-corrected chi connectivity index (χ1v) is 20.0. The number of nitrogens with two attached hydrogens (primary N) is 2. The maximum atomic E-state index is 7.08. The molecule has 292 valence electrons. The van der Waals surface area contributed by atoms with Gasteiger partial charge in [-0.2, -0.15) is 0 Å². The highest BCUT2D eigenvalue weighted by molar-refractivity contribution is 6.21. The van der Waals surface area contributed by atoms with Crippen molar-refractivity contribution < 1.29 is 4.74 Å². The van der Waals surface area contributed by atoms with Crippen LogP contribution in [0.1, 0.15) is 16.7 Å². The summed E-state index contributed by atoms with van der Waals surface area (Å²) in [7, 11) is 0. The second-order valence-corrected chi connectivity index (χ2v) is 14.5. The molecule has 0 bridgehead atoms. The molecule has 10 rings (SSSR count). The van der Waals surface area contributed by atoms with Gasteiger partial charge in [0.15, 0.2) is 0 Å². The molecule has 0 unspecified atom stereocenters. The average molecular weight is 781 g/mol. The number of rotatable bonds is 9. The van der Waals surface area contributed by atoms with Gasteiger partial charge in [0.05, 0.1) is 34.3 Å². The summed E-state index contributed by atoms with van der Waals surface area (Å²) >= 11 is 0. The molecule has 0 aliphatic heterocycles. The Morgan fingerprint density at radius 1 is 0.533 bits per heavy atom. The van der Waals surface area contributed by atoms with E-state index >= 15 is 0 Å². The van der Waals surface area contributed by atoms with E-state index in [1.54, 1.807) is 0 Å². The van der Waals surface area contributed by atoms with Crippen LogP contribution >= 0.6 is 0 Å². The van der Waals surface area contributed by atoms with Gasteiger partial charge in [-0.1, -0.05) is 164 Å². The summed E-state index contributed by atoms with van der Waals surface area (Å²) in [5, 5.41) is 4.25. The molecule has 2 heterocycles. The lowest BCUT2D eigenvalue weighted by Gasteiger charge is -2.14. The van der Waals surface area contributed by atoms with E-state index in [0.29, 0.717) is 37.1 Å². The SMILES string of the molecule is C=Nc1c(OCc2ccccc2)ccc2c1c1cccc(-n3c4ccccc4c4ccccc43)c1n2C(N)=NCc1ccc(-c2ccccc2)cc1.NCc1ccccc1. The van der Waals surface area contributed by atoms with E-state index in [0.717, 1.165) is 55.2 Å². The van der Waals surface area contributed by atoms with Gasteiger partial charge < -0.3 is 20.8 Å². The van der Waals surface area contributed by atoms with Gasteiger partial charge in [-0.25, -0.2) is 4.99 Å². The molecular weight excluding hydrogens is 737 g/mol. The maximum absolute atomic E-state index is 7.08. The molecule has 60 heavy (non-hydrogen) atoms. The van der Waals surface area contributed by atoms with Crippen LogP contribution in [0.15, 0.2) is 204 Å². The summed E-state index contributed by atoms with van der Waals surface area (Å²) in [5.74, 6) is 1.04. The number of ether oxygens (including phenoxy) is 1. The van der Waals surface area contributed by atoms with Gasteiger partial charge >= 0.3 is 0 Å². The third-order valence-corrected chi connectivity index (χ3v) is 10.9. The van der Waals surface area contributed by atoms with E-state index in [9.17, 15) is 0 Å². The average Bonchev–Trinajstić information content (AvgIpc) is 3.84. The number of hydrogen-bond acceptors (Lipinski definition) is 4. The van der Waals surface area contributed by atoms with Crippen molar-refractivity contribution in [1.29, 1.82) is 0 Å². The van der Waals surface area contributed by atoms with E-state index < -0.39 is 0 Å². The van der Waals surface area contributed by atoms with Crippen LogP contribution in [0.5, 0.6) is 5.75 Å². The van der Waals surface area contributed by atoms with Crippen molar-refractivity contribution in [3.05, 3.63) is 211 Å². The van der Waals surface area contributed by atoms with Crippen molar-refractivity contribution in [1.82, 2.24) is 9.13 Å². The predicted octanol–water partition coefficient (Wildman–Crippen LogP) is 12.0. The number of nitrogens with zero attached hydrogens (tertiary/aromatic N) is 4. The highest BCUT2D eigenvalue weighted by Gasteiger charge is 2.23. The minimum absolute atomic E-state index is 0.383. The first-order chi connectivity index (χ1) is 29.6. The van der Waals surface area contributed by atoms with E-state index in [4.69, 9.17) is 21.2 Å². The van der Waals surface area contributed by atoms with Crippen molar-refractivity contribution >= 4 is 62.0 Å². The molecule has 0 aliphatic rings. The van der Waals surface area contributed by atoms with Crippen molar-refractivity contribution in [2.24, 2.45) is 21.5 Å². The Hall–Kier alpha value is -7.74. The van der Waals surface area contributed by atoms with Crippen molar-refractivity contribution in [2.45, 2.75) is 19.7 Å². The van der Waals surface area contributed by atoms with Gasteiger partial charge in [-0.3, -0.25) is 9.56 Å². The van der Waals surface area contributed by atoms with E-state index in [-0.39, 0.29) is 0 Å². The lowest BCUT2D eigenvalue weighted by atomic mass is 10.0. The molecule has 0 saturated carbocycles. The van der Waals surface area contributed by atoms with Crippen LogP contribution < -0.4 is 16.2 Å². The van der Waals surface area contributed by atoms with Crippen LogP contribution in [-0.2, 0) is 19.7 Å². The van der Waals surface area contributed by atoms with E-state index in [1.807, 2.05) is 60.7 Å². The Balaban J connectivity index is 0.000000520. The molecule has 8 aromatic carbocycles. The number of hydrogen-bond donors (Lipinski definition) is 2. The summed E-state index contributed by atoms with van der Waals surface area (Å²) in [5.41, 5.74) is 23.8. The molecule has 0 aliphatic carbocycles. The van der Waals surface area contributed by atoms with Crippen LogP contribution in [-0.4, -0.2) is 21.8 Å². The zero-order valence-electron chi connectivity index (χ0n) is 33.2. The monoisotopic (exact) mass is 780 g/mol. The molecule has 0 atom stereocenters. The van der Waals surface area contributed by atoms with Crippen LogP contribution in [0.3, 0.4) is 0 Å². The van der Waals surface area contributed by atoms with E-state index in [2.05, 4.69) is 154 Å². The van der Waals surface area contributed by atoms with Gasteiger partial charge in [0.2, 0.25) is 5.96 Å². The van der Waals surface area contributed by atoms with Crippen LogP contribution in [0.2, 0.25) is 0 Å². The zero-order valence-corrected chi connectivity index (χ0v) is 33.2. The lowest BCUT2D eigenvalue weighted by Crippen LogP contribution is -2.23. The van der Waals surface area contributed by atoms with Crippen molar-refractivity contribution in [3.8, 4) is 22.6 Å². The van der Waals surface area contributed by atoms with Crippen LogP contribution in [0, 0.1) is 0 Å². The standard InChI is InChI=1S/C46H35N5O.C7H9N/c1-48-44-42(52-30-32-13-4-2-5-14-32)28-27-40-43(44)37-19-12-22-41(50-38-20-10-8-17-35(38)36-18-9-11-21-39(36)50)45(37)51(40)46(47)49-29-31-23-25-34(26-24-31)33-15-6-3-7-16-33;8-6-7-4-2-1-3-5-7/h2-28H,1,29-30H2,(H2,47,49);1-5H,6,8H2. The fourth-order valence-corrected chi connectivity index (χ4v) is 8.00. The molecule has 10 aromatic rings. The third-order valence-electron chi connectivity index (χ3n) is 10.9. The quantitative estimate of drug-likeness (QED) is 0.113. The van der Waals surface area contributed by atoms with Gasteiger partial charge in [0.1, 0.15) is 18.0 Å². The molecule has 7 heteroatoms. The first-order valence-electron chi connectivity index (χ1n) is 20.0. The third kappa shape index (κ3) is 7.30. The Bertz CT molecular complexity index is 3060. The second kappa shape index (κ2) is 17.0. The molecule has 2 aromatic heterocycles. The van der Waals surface area contributed by atoms with Gasteiger partial charge in [0, 0.05) is 28.1 Å². The molecule has 0 amide bonds. The normalized spacial score (nSPS) is 11.5. The smallest absolute Gasteiger partial charge is 0.200 e. The zero-order chi connectivity index (χ0) is 40.8. The topological polar surface area (TPSA) is 95.8 Å². The minimum atomic E-state index is 0.383. The Labute approximate surface area is 349 Å². The maximum Gasteiger partial charge on any atom is 0.200 e.